The maximum atomic E-state index is 4.40. The monoisotopic (exact) mass is 254 g/mol. The first-order valence-corrected chi connectivity index (χ1v) is 6.11. The van der Waals surface area contributed by atoms with Gasteiger partial charge in [0.05, 0.1) is 11.9 Å². The number of rotatable bonds is 3. The summed E-state index contributed by atoms with van der Waals surface area (Å²) in [6, 6.07) is 4.11. The Bertz CT molecular complexity index is 703. The second kappa shape index (κ2) is 4.64. The molecule has 3 aromatic rings. The molecular formula is C13H14N6. The van der Waals surface area contributed by atoms with Gasteiger partial charge in [-0.05, 0) is 26.0 Å². The lowest BCUT2D eigenvalue weighted by Crippen LogP contribution is -2.00. The third-order valence-electron chi connectivity index (χ3n) is 2.73. The van der Waals surface area contributed by atoms with Crippen molar-refractivity contribution in [2.24, 2.45) is 0 Å². The minimum absolute atomic E-state index is 0.339. The highest BCUT2D eigenvalue weighted by molar-refractivity contribution is 5.72. The lowest BCUT2D eigenvalue weighted by atomic mass is 10.4. The zero-order chi connectivity index (χ0) is 13.2. The third-order valence-corrected chi connectivity index (χ3v) is 2.73. The molecule has 0 aliphatic heterocycles. The molecule has 0 saturated heterocycles. The van der Waals surface area contributed by atoms with Gasteiger partial charge in [-0.15, -0.1) is 0 Å². The fourth-order valence-electron chi connectivity index (χ4n) is 1.76. The van der Waals surface area contributed by atoms with Crippen LogP contribution in [0, 0.1) is 0 Å². The molecule has 0 fully saturated rings. The molecule has 96 valence electrons. The second-order valence-corrected chi connectivity index (χ2v) is 4.52. The summed E-state index contributed by atoms with van der Waals surface area (Å²) >= 11 is 0. The van der Waals surface area contributed by atoms with E-state index in [1.54, 1.807) is 18.6 Å². The molecule has 0 bridgehead atoms. The van der Waals surface area contributed by atoms with Crippen LogP contribution in [0.1, 0.15) is 19.9 Å². The van der Waals surface area contributed by atoms with E-state index in [0.29, 0.717) is 11.7 Å². The molecule has 6 nitrogen and oxygen atoms in total. The molecule has 0 unspecified atom stereocenters. The van der Waals surface area contributed by atoms with Crippen LogP contribution in [0.4, 0.5) is 11.5 Å². The van der Waals surface area contributed by atoms with Gasteiger partial charge in [0.25, 0.3) is 0 Å². The first-order valence-electron chi connectivity index (χ1n) is 6.11. The van der Waals surface area contributed by atoms with Crippen LogP contribution >= 0.6 is 0 Å². The van der Waals surface area contributed by atoms with Crippen molar-refractivity contribution >= 4 is 22.7 Å². The quantitative estimate of drug-likeness (QED) is 0.777. The van der Waals surface area contributed by atoms with Gasteiger partial charge in [0.1, 0.15) is 11.3 Å². The van der Waals surface area contributed by atoms with E-state index >= 15 is 0 Å². The number of hydrogen-bond donors (Lipinski definition) is 1. The van der Waals surface area contributed by atoms with Crippen LogP contribution in [0.25, 0.3) is 11.2 Å². The largest absolute Gasteiger partial charge is 0.338 e. The number of nitrogens with one attached hydrogen (secondary N) is 1. The fourth-order valence-corrected chi connectivity index (χ4v) is 1.76. The van der Waals surface area contributed by atoms with Crippen molar-refractivity contribution in [1.29, 1.82) is 0 Å². The molecule has 0 aliphatic rings. The van der Waals surface area contributed by atoms with Gasteiger partial charge in [0.15, 0.2) is 5.65 Å². The number of aromatic nitrogens is 5. The highest BCUT2D eigenvalue weighted by Gasteiger charge is 2.04. The van der Waals surface area contributed by atoms with Crippen molar-refractivity contribution in [1.82, 2.24) is 24.7 Å². The summed E-state index contributed by atoms with van der Waals surface area (Å²) in [7, 11) is 0. The highest BCUT2D eigenvalue weighted by Crippen LogP contribution is 2.17. The van der Waals surface area contributed by atoms with Crippen LogP contribution in [0.3, 0.4) is 0 Å². The van der Waals surface area contributed by atoms with E-state index < -0.39 is 0 Å². The molecule has 3 heterocycles. The first kappa shape index (κ1) is 11.6. The van der Waals surface area contributed by atoms with E-state index in [9.17, 15) is 0 Å². The minimum atomic E-state index is 0.339. The van der Waals surface area contributed by atoms with Gasteiger partial charge in [-0.1, -0.05) is 0 Å². The number of nitrogens with zero attached hydrogens (tertiary/aromatic N) is 5. The fraction of sp³-hybridized carbons (Fsp3) is 0.231. The summed E-state index contributed by atoms with van der Waals surface area (Å²) in [5, 5.41) is 7.48. The Balaban J connectivity index is 1.87. The molecule has 0 spiro atoms. The average Bonchev–Trinajstić information content (AvgIpc) is 2.87. The highest BCUT2D eigenvalue weighted by atomic mass is 15.3. The van der Waals surface area contributed by atoms with Crippen LogP contribution in [0.2, 0.25) is 0 Å². The Hall–Kier alpha value is -2.50. The van der Waals surface area contributed by atoms with Crippen molar-refractivity contribution < 1.29 is 0 Å². The van der Waals surface area contributed by atoms with Crippen LogP contribution in [-0.4, -0.2) is 24.7 Å². The van der Waals surface area contributed by atoms with Crippen molar-refractivity contribution in [2.75, 3.05) is 5.32 Å². The summed E-state index contributed by atoms with van der Waals surface area (Å²) < 4.78 is 1.89. The summed E-state index contributed by atoms with van der Waals surface area (Å²) in [6.45, 7) is 4.17. The van der Waals surface area contributed by atoms with Gasteiger partial charge in [0.2, 0.25) is 0 Å². The maximum absolute atomic E-state index is 4.40. The Kier molecular flexibility index (Phi) is 2.83. The molecule has 3 rings (SSSR count). The lowest BCUT2D eigenvalue weighted by molar-refractivity contribution is 0.532. The molecule has 0 atom stereocenters. The van der Waals surface area contributed by atoms with Crippen LogP contribution in [0.5, 0.6) is 0 Å². The lowest BCUT2D eigenvalue weighted by Gasteiger charge is -2.04. The van der Waals surface area contributed by atoms with Gasteiger partial charge in [-0.3, -0.25) is 9.67 Å². The zero-order valence-corrected chi connectivity index (χ0v) is 10.8. The van der Waals surface area contributed by atoms with Gasteiger partial charge >= 0.3 is 0 Å². The Morgan fingerprint density at radius 1 is 1.16 bits per heavy atom. The maximum Gasteiger partial charge on any atom is 0.180 e. The van der Waals surface area contributed by atoms with Gasteiger partial charge < -0.3 is 5.32 Å². The average molecular weight is 254 g/mol. The molecule has 1 N–H and O–H groups in total. The summed E-state index contributed by atoms with van der Waals surface area (Å²) in [6.07, 6.45) is 7.02. The Morgan fingerprint density at radius 3 is 2.79 bits per heavy atom. The molecule has 3 aromatic heterocycles. The Labute approximate surface area is 110 Å². The first-order chi connectivity index (χ1) is 9.22. The number of anilines is 2. The predicted molar refractivity (Wildman–Crippen MR) is 73.2 cm³/mol. The standard InChI is InChI=1S/C13H14N6/c1-9(2)19-8-10(7-16-19)17-12-4-3-11-13(18-12)15-6-5-14-11/h3-9H,1-2H3,(H,15,17,18). The van der Waals surface area contributed by atoms with Crippen molar-refractivity contribution in [3.05, 3.63) is 36.9 Å². The number of fused-ring (bicyclic) bond motifs is 1. The van der Waals surface area contributed by atoms with Crippen molar-refractivity contribution in [3.63, 3.8) is 0 Å². The molecular weight excluding hydrogens is 240 g/mol. The van der Waals surface area contributed by atoms with E-state index in [2.05, 4.69) is 39.2 Å². The van der Waals surface area contributed by atoms with Crippen molar-refractivity contribution in [2.45, 2.75) is 19.9 Å². The molecule has 0 radical (unpaired) electrons. The van der Waals surface area contributed by atoms with Crippen LogP contribution in [-0.2, 0) is 0 Å². The van der Waals surface area contributed by atoms with Crippen LogP contribution < -0.4 is 5.32 Å². The summed E-state index contributed by atoms with van der Waals surface area (Å²) in [4.78, 5) is 12.8. The van der Waals surface area contributed by atoms with Crippen LogP contribution in [0.15, 0.2) is 36.9 Å². The SMILES string of the molecule is CC(C)n1cc(Nc2ccc3nccnc3n2)cn1. The van der Waals surface area contributed by atoms with E-state index in [-0.39, 0.29) is 0 Å². The van der Waals surface area contributed by atoms with E-state index in [1.165, 1.54) is 0 Å². The van der Waals surface area contributed by atoms with Gasteiger partial charge in [-0.2, -0.15) is 5.10 Å². The predicted octanol–water partition coefficient (Wildman–Crippen LogP) is 2.55. The summed E-state index contributed by atoms with van der Waals surface area (Å²) in [5.74, 6) is 0.733. The molecule has 19 heavy (non-hydrogen) atoms. The van der Waals surface area contributed by atoms with E-state index in [0.717, 1.165) is 17.0 Å². The number of pyridine rings is 1. The topological polar surface area (TPSA) is 68.5 Å². The molecule has 0 aromatic carbocycles. The summed E-state index contributed by atoms with van der Waals surface area (Å²) in [5.41, 5.74) is 2.32. The molecule has 0 saturated carbocycles. The van der Waals surface area contributed by atoms with E-state index in [1.807, 2.05) is 23.0 Å². The van der Waals surface area contributed by atoms with Gasteiger partial charge in [0, 0.05) is 24.6 Å². The third kappa shape index (κ3) is 2.37. The number of hydrogen-bond acceptors (Lipinski definition) is 5. The smallest absolute Gasteiger partial charge is 0.180 e. The Morgan fingerprint density at radius 2 is 2.00 bits per heavy atom. The normalized spacial score (nSPS) is 11.1. The van der Waals surface area contributed by atoms with Crippen molar-refractivity contribution in [3.8, 4) is 0 Å². The van der Waals surface area contributed by atoms with Gasteiger partial charge in [-0.25, -0.2) is 9.97 Å². The molecule has 6 heteroatoms. The molecule has 0 amide bonds. The molecule has 0 aliphatic carbocycles. The minimum Gasteiger partial charge on any atom is -0.338 e. The second-order valence-electron chi connectivity index (χ2n) is 4.52. The van der Waals surface area contributed by atoms with E-state index in [4.69, 9.17) is 0 Å². The zero-order valence-electron chi connectivity index (χ0n) is 10.8.